The summed E-state index contributed by atoms with van der Waals surface area (Å²) in [6, 6.07) is 14.7. The van der Waals surface area contributed by atoms with E-state index in [4.69, 9.17) is 11.6 Å². The van der Waals surface area contributed by atoms with Crippen LogP contribution in [-0.2, 0) is 6.54 Å². The molecule has 4 heteroatoms. The number of thiophene rings is 1. The monoisotopic (exact) mass is 329 g/mol. The van der Waals surface area contributed by atoms with E-state index in [-0.39, 0.29) is 6.04 Å². The summed E-state index contributed by atoms with van der Waals surface area (Å²) in [4.78, 5) is 1.31. The Balaban J connectivity index is 1.97. The second-order valence-corrected chi connectivity index (χ2v) is 6.56. The maximum atomic E-state index is 6.01. The molecule has 0 aliphatic heterocycles. The van der Waals surface area contributed by atoms with Crippen LogP contribution in [0.3, 0.4) is 0 Å². The summed E-state index contributed by atoms with van der Waals surface area (Å²) >= 11 is 11.2. The van der Waals surface area contributed by atoms with Crippen LogP contribution in [0.2, 0.25) is 0 Å². The van der Waals surface area contributed by atoms with E-state index in [2.05, 4.69) is 45.5 Å². The van der Waals surface area contributed by atoms with Crippen molar-refractivity contribution < 1.29 is 0 Å². The minimum atomic E-state index is 0.207. The van der Waals surface area contributed by atoms with Gasteiger partial charge in [-0.15, -0.1) is 22.9 Å². The highest BCUT2D eigenvalue weighted by molar-refractivity contribution is 9.11. The molecule has 1 unspecified atom stereocenters. The second kappa shape index (κ2) is 6.55. The maximum absolute atomic E-state index is 6.01. The molecule has 0 aliphatic rings. The Labute approximate surface area is 119 Å². The van der Waals surface area contributed by atoms with Gasteiger partial charge in [-0.25, -0.2) is 0 Å². The van der Waals surface area contributed by atoms with Crippen molar-refractivity contribution in [1.82, 2.24) is 5.32 Å². The molecule has 1 aromatic carbocycles. The van der Waals surface area contributed by atoms with Gasteiger partial charge in [0.25, 0.3) is 0 Å². The van der Waals surface area contributed by atoms with Crippen molar-refractivity contribution in [3.63, 3.8) is 0 Å². The van der Waals surface area contributed by atoms with Gasteiger partial charge in [-0.3, -0.25) is 0 Å². The highest BCUT2D eigenvalue weighted by atomic mass is 79.9. The number of hydrogen-bond donors (Lipinski definition) is 1. The van der Waals surface area contributed by atoms with E-state index in [9.17, 15) is 0 Å². The summed E-state index contributed by atoms with van der Waals surface area (Å²) in [5.41, 5.74) is 1.23. The quantitative estimate of drug-likeness (QED) is 0.791. The zero-order valence-corrected chi connectivity index (χ0v) is 12.4. The van der Waals surface area contributed by atoms with E-state index in [1.807, 2.05) is 18.2 Å². The number of nitrogens with one attached hydrogen (secondary N) is 1. The lowest BCUT2D eigenvalue weighted by Crippen LogP contribution is -2.21. The molecular formula is C13H13BrClNS. The van der Waals surface area contributed by atoms with Gasteiger partial charge >= 0.3 is 0 Å². The van der Waals surface area contributed by atoms with Crippen molar-refractivity contribution in [2.45, 2.75) is 12.6 Å². The molecule has 0 bridgehead atoms. The number of benzene rings is 1. The lowest BCUT2D eigenvalue weighted by Gasteiger charge is -2.15. The zero-order chi connectivity index (χ0) is 12.1. The van der Waals surface area contributed by atoms with E-state index < -0.39 is 0 Å². The molecule has 1 aromatic heterocycles. The Hall–Kier alpha value is -0.350. The molecule has 0 aliphatic carbocycles. The van der Waals surface area contributed by atoms with Crippen LogP contribution in [0.15, 0.2) is 46.3 Å². The molecule has 17 heavy (non-hydrogen) atoms. The van der Waals surface area contributed by atoms with Gasteiger partial charge in [-0.05, 0) is 33.6 Å². The van der Waals surface area contributed by atoms with Crippen molar-refractivity contribution in [2.24, 2.45) is 0 Å². The van der Waals surface area contributed by atoms with Gasteiger partial charge in [0.2, 0.25) is 0 Å². The minimum absolute atomic E-state index is 0.207. The molecule has 1 atom stereocenters. The summed E-state index contributed by atoms with van der Waals surface area (Å²) in [5, 5.41) is 3.47. The van der Waals surface area contributed by atoms with Crippen molar-refractivity contribution in [3.05, 3.63) is 56.7 Å². The third-order valence-corrected chi connectivity index (χ3v) is 4.44. The highest BCUT2D eigenvalue weighted by Gasteiger charge is 2.09. The van der Waals surface area contributed by atoms with E-state index >= 15 is 0 Å². The Morgan fingerprint density at radius 2 is 1.94 bits per heavy atom. The smallest absolute Gasteiger partial charge is 0.0701 e. The van der Waals surface area contributed by atoms with Crippen LogP contribution < -0.4 is 5.32 Å². The molecule has 0 fully saturated rings. The first-order valence-corrected chi connectivity index (χ1v) is 7.52. The molecule has 1 N–H and O–H groups in total. The SMILES string of the molecule is ClCC(NCc1ccc(Br)s1)c1ccccc1. The lowest BCUT2D eigenvalue weighted by molar-refractivity contribution is 0.584. The fraction of sp³-hybridized carbons (Fsp3) is 0.231. The Morgan fingerprint density at radius 3 is 2.53 bits per heavy atom. The molecule has 1 heterocycles. The first kappa shape index (κ1) is 13.1. The summed E-state index contributed by atoms with van der Waals surface area (Å²) in [6.07, 6.45) is 0. The first-order chi connectivity index (χ1) is 8.29. The van der Waals surface area contributed by atoms with Crippen LogP contribution in [0, 0.1) is 0 Å². The first-order valence-electron chi connectivity index (χ1n) is 5.38. The molecule has 2 aromatic rings. The minimum Gasteiger partial charge on any atom is -0.304 e. The van der Waals surface area contributed by atoms with E-state index in [0.717, 1.165) is 10.3 Å². The predicted molar refractivity (Wildman–Crippen MR) is 78.8 cm³/mol. The lowest BCUT2D eigenvalue weighted by atomic mass is 10.1. The predicted octanol–water partition coefficient (Wildman–Crippen LogP) is 4.58. The van der Waals surface area contributed by atoms with Crippen molar-refractivity contribution in [1.29, 1.82) is 0 Å². The van der Waals surface area contributed by atoms with E-state index in [0.29, 0.717) is 5.88 Å². The van der Waals surface area contributed by atoms with Crippen LogP contribution >= 0.6 is 38.9 Å². The summed E-state index contributed by atoms with van der Waals surface area (Å²) in [6.45, 7) is 0.850. The van der Waals surface area contributed by atoms with Gasteiger partial charge in [-0.2, -0.15) is 0 Å². The highest BCUT2D eigenvalue weighted by Crippen LogP contribution is 2.23. The van der Waals surface area contributed by atoms with Gasteiger partial charge in [0.15, 0.2) is 0 Å². The standard InChI is InChI=1S/C13H13BrClNS/c14-13-7-6-11(17-13)9-16-12(8-15)10-4-2-1-3-5-10/h1-7,12,16H,8-9H2. The third kappa shape index (κ3) is 3.81. The summed E-state index contributed by atoms with van der Waals surface area (Å²) < 4.78 is 1.16. The molecule has 0 saturated carbocycles. The van der Waals surface area contributed by atoms with Gasteiger partial charge < -0.3 is 5.32 Å². The Bertz CT molecular complexity index is 457. The summed E-state index contributed by atoms with van der Waals surface area (Å²) in [5.74, 6) is 0.580. The van der Waals surface area contributed by atoms with Crippen LogP contribution in [0.1, 0.15) is 16.5 Å². The van der Waals surface area contributed by atoms with Crippen molar-refractivity contribution >= 4 is 38.9 Å². The summed E-state index contributed by atoms with van der Waals surface area (Å²) in [7, 11) is 0. The Kier molecular flexibility index (Phi) is 5.04. The molecule has 0 amide bonds. The van der Waals surface area contributed by atoms with Crippen LogP contribution in [-0.4, -0.2) is 5.88 Å². The zero-order valence-electron chi connectivity index (χ0n) is 9.20. The molecule has 0 saturated heterocycles. The Morgan fingerprint density at radius 1 is 1.18 bits per heavy atom. The number of halogens is 2. The topological polar surface area (TPSA) is 12.0 Å². The largest absolute Gasteiger partial charge is 0.304 e. The average Bonchev–Trinajstić information content (AvgIpc) is 2.77. The fourth-order valence-electron chi connectivity index (χ4n) is 1.62. The van der Waals surface area contributed by atoms with Crippen molar-refractivity contribution in [2.75, 3.05) is 5.88 Å². The molecule has 90 valence electrons. The fourth-order valence-corrected chi connectivity index (χ4v) is 3.34. The van der Waals surface area contributed by atoms with Gasteiger partial charge in [0.1, 0.15) is 0 Å². The van der Waals surface area contributed by atoms with Crippen LogP contribution in [0.25, 0.3) is 0 Å². The van der Waals surface area contributed by atoms with Gasteiger partial charge in [-0.1, -0.05) is 30.3 Å². The number of rotatable bonds is 5. The van der Waals surface area contributed by atoms with Crippen molar-refractivity contribution in [3.8, 4) is 0 Å². The van der Waals surface area contributed by atoms with Crippen LogP contribution in [0.4, 0.5) is 0 Å². The van der Waals surface area contributed by atoms with Gasteiger partial charge in [0.05, 0.1) is 3.79 Å². The number of hydrogen-bond acceptors (Lipinski definition) is 2. The normalized spacial score (nSPS) is 12.6. The average molecular weight is 331 g/mol. The van der Waals surface area contributed by atoms with Gasteiger partial charge in [0, 0.05) is 23.3 Å². The van der Waals surface area contributed by atoms with E-state index in [1.54, 1.807) is 11.3 Å². The van der Waals surface area contributed by atoms with Crippen LogP contribution in [0.5, 0.6) is 0 Å². The third-order valence-electron chi connectivity index (χ3n) is 2.51. The molecule has 0 radical (unpaired) electrons. The molecule has 0 spiro atoms. The second-order valence-electron chi connectivity index (χ2n) is 3.70. The molecular weight excluding hydrogens is 318 g/mol. The van der Waals surface area contributed by atoms with E-state index in [1.165, 1.54) is 10.4 Å². The molecule has 2 rings (SSSR count). The molecule has 1 nitrogen and oxygen atoms in total. The number of alkyl halides is 1. The maximum Gasteiger partial charge on any atom is 0.0701 e.